The lowest BCUT2D eigenvalue weighted by Crippen LogP contribution is -2.46. The standard InChI is InChI=1S/C17H18N2O2/c1-13(19-10-6-9-16(12-19)14(2)20)17(21)18-11-15-7-4-3-5-8-15/h3-10,12-13H,11H2,1-2H3/p+1/t13-/m0/s1. The van der Waals surface area contributed by atoms with E-state index in [4.69, 9.17) is 0 Å². The summed E-state index contributed by atoms with van der Waals surface area (Å²) in [6.45, 7) is 3.82. The van der Waals surface area contributed by atoms with Gasteiger partial charge in [0.05, 0.1) is 5.56 Å². The molecule has 0 bridgehead atoms. The number of pyridine rings is 1. The molecule has 2 rings (SSSR count). The number of benzene rings is 1. The third kappa shape index (κ3) is 3.99. The van der Waals surface area contributed by atoms with Crippen LogP contribution in [0.1, 0.15) is 35.8 Å². The van der Waals surface area contributed by atoms with E-state index in [-0.39, 0.29) is 17.7 Å². The van der Waals surface area contributed by atoms with Crippen molar-refractivity contribution in [2.45, 2.75) is 26.4 Å². The third-order valence-electron chi connectivity index (χ3n) is 3.36. The number of amides is 1. The number of aromatic nitrogens is 1. The van der Waals surface area contributed by atoms with Crippen molar-refractivity contribution >= 4 is 11.7 Å². The number of hydrogen-bond acceptors (Lipinski definition) is 2. The number of nitrogens with zero attached hydrogens (tertiary/aromatic N) is 1. The predicted molar refractivity (Wildman–Crippen MR) is 79.6 cm³/mol. The SMILES string of the molecule is CC(=O)c1ccc[n+]([C@@H](C)C(=O)NCc2ccccc2)c1. The smallest absolute Gasteiger partial charge is 0.289 e. The molecule has 21 heavy (non-hydrogen) atoms. The van der Waals surface area contributed by atoms with Gasteiger partial charge in [-0.3, -0.25) is 9.59 Å². The van der Waals surface area contributed by atoms with E-state index in [1.807, 2.05) is 37.3 Å². The summed E-state index contributed by atoms with van der Waals surface area (Å²) in [5.74, 6) is -0.0919. The van der Waals surface area contributed by atoms with Gasteiger partial charge in [0.25, 0.3) is 5.91 Å². The molecule has 0 saturated carbocycles. The van der Waals surface area contributed by atoms with Gasteiger partial charge in [-0.15, -0.1) is 0 Å². The van der Waals surface area contributed by atoms with Crippen molar-refractivity contribution in [1.29, 1.82) is 0 Å². The molecule has 4 nitrogen and oxygen atoms in total. The van der Waals surface area contributed by atoms with Crippen LogP contribution in [-0.2, 0) is 11.3 Å². The molecule has 4 heteroatoms. The highest BCUT2D eigenvalue weighted by Gasteiger charge is 2.22. The van der Waals surface area contributed by atoms with E-state index >= 15 is 0 Å². The topological polar surface area (TPSA) is 50.0 Å². The number of rotatable bonds is 5. The van der Waals surface area contributed by atoms with Crippen LogP contribution in [0.2, 0.25) is 0 Å². The van der Waals surface area contributed by atoms with Crippen LogP contribution in [0.3, 0.4) is 0 Å². The van der Waals surface area contributed by atoms with Gasteiger partial charge in [0.2, 0.25) is 6.04 Å². The molecule has 108 valence electrons. The molecule has 1 aromatic heterocycles. The molecule has 1 atom stereocenters. The number of ketones is 1. The van der Waals surface area contributed by atoms with Crippen molar-refractivity contribution < 1.29 is 14.2 Å². The Morgan fingerprint density at radius 3 is 2.52 bits per heavy atom. The molecule has 0 saturated heterocycles. The molecule has 1 N–H and O–H groups in total. The summed E-state index contributed by atoms with van der Waals surface area (Å²) < 4.78 is 1.75. The largest absolute Gasteiger partial charge is 0.346 e. The van der Waals surface area contributed by atoms with E-state index in [1.54, 1.807) is 29.1 Å². The Morgan fingerprint density at radius 2 is 1.86 bits per heavy atom. The number of Topliss-reactive ketones (excluding diaryl/α,β-unsaturated/α-hetero) is 1. The zero-order valence-corrected chi connectivity index (χ0v) is 12.2. The zero-order chi connectivity index (χ0) is 15.2. The highest BCUT2D eigenvalue weighted by molar-refractivity contribution is 5.93. The van der Waals surface area contributed by atoms with Crippen molar-refractivity contribution in [2.24, 2.45) is 0 Å². The van der Waals surface area contributed by atoms with Gasteiger partial charge in [0.15, 0.2) is 18.2 Å². The van der Waals surface area contributed by atoms with Crippen LogP contribution in [0, 0.1) is 0 Å². The molecule has 0 unspecified atom stereocenters. The van der Waals surface area contributed by atoms with E-state index < -0.39 is 0 Å². The van der Waals surface area contributed by atoms with Crippen LogP contribution >= 0.6 is 0 Å². The second-order valence-corrected chi connectivity index (χ2v) is 4.98. The number of nitrogens with one attached hydrogen (secondary N) is 1. The molecular weight excluding hydrogens is 264 g/mol. The maximum absolute atomic E-state index is 12.2. The maximum Gasteiger partial charge on any atom is 0.289 e. The Kier molecular flexibility index (Phi) is 4.82. The Morgan fingerprint density at radius 1 is 1.14 bits per heavy atom. The fourth-order valence-electron chi connectivity index (χ4n) is 2.01. The molecule has 0 aliphatic rings. The van der Waals surface area contributed by atoms with Gasteiger partial charge in [-0.25, -0.2) is 0 Å². The van der Waals surface area contributed by atoms with Crippen LogP contribution in [0.15, 0.2) is 54.9 Å². The van der Waals surface area contributed by atoms with Gasteiger partial charge >= 0.3 is 0 Å². The fourth-order valence-corrected chi connectivity index (χ4v) is 2.01. The Bertz CT molecular complexity index is 638. The van der Waals surface area contributed by atoms with Crippen LogP contribution in [0.4, 0.5) is 0 Å². The van der Waals surface area contributed by atoms with Gasteiger partial charge in [-0.05, 0) is 18.6 Å². The van der Waals surface area contributed by atoms with Crippen LogP contribution < -0.4 is 9.88 Å². The van der Waals surface area contributed by atoms with E-state index in [0.717, 1.165) is 5.56 Å². The average Bonchev–Trinajstić information content (AvgIpc) is 2.53. The molecule has 0 aliphatic carbocycles. The van der Waals surface area contributed by atoms with Gasteiger partial charge in [0, 0.05) is 19.5 Å². The Balaban J connectivity index is 2.02. The van der Waals surface area contributed by atoms with Gasteiger partial charge in [0.1, 0.15) is 0 Å². The van der Waals surface area contributed by atoms with Crippen molar-refractivity contribution in [2.75, 3.05) is 0 Å². The van der Waals surface area contributed by atoms with Crippen molar-refractivity contribution in [3.63, 3.8) is 0 Å². The summed E-state index contributed by atoms with van der Waals surface area (Å²) in [4.78, 5) is 23.6. The molecular formula is C17H19N2O2+. The summed E-state index contributed by atoms with van der Waals surface area (Å²) in [6.07, 6.45) is 3.49. The first-order valence-electron chi connectivity index (χ1n) is 6.91. The monoisotopic (exact) mass is 283 g/mol. The van der Waals surface area contributed by atoms with Gasteiger partial charge < -0.3 is 5.32 Å². The lowest BCUT2D eigenvalue weighted by molar-refractivity contribution is -0.706. The van der Waals surface area contributed by atoms with Crippen molar-refractivity contribution in [3.8, 4) is 0 Å². The summed E-state index contributed by atoms with van der Waals surface area (Å²) in [5, 5.41) is 2.90. The minimum Gasteiger partial charge on any atom is -0.346 e. The normalized spacial score (nSPS) is 11.7. The van der Waals surface area contributed by atoms with Crippen LogP contribution in [0.25, 0.3) is 0 Å². The van der Waals surface area contributed by atoms with E-state index in [2.05, 4.69) is 5.32 Å². The highest BCUT2D eigenvalue weighted by Crippen LogP contribution is 2.02. The number of carbonyl (C=O) groups excluding carboxylic acids is 2. The van der Waals surface area contributed by atoms with E-state index in [1.165, 1.54) is 6.92 Å². The van der Waals surface area contributed by atoms with E-state index in [0.29, 0.717) is 12.1 Å². The molecule has 1 heterocycles. The second-order valence-electron chi connectivity index (χ2n) is 4.98. The fraction of sp³-hybridized carbons (Fsp3) is 0.235. The highest BCUT2D eigenvalue weighted by atomic mass is 16.2. The first-order valence-corrected chi connectivity index (χ1v) is 6.91. The lowest BCUT2D eigenvalue weighted by Gasteiger charge is -2.09. The number of hydrogen-bond donors (Lipinski definition) is 1. The third-order valence-corrected chi connectivity index (χ3v) is 3.36. The minimum absolute atomic E-state index is 0.0127. The van der Waals surface area contributed by atoms with Crippen LogP contribution in [0.5, 0.6) is 0 Å². The molecule has 0 aliphatic heterocycles. The summed E-state index contributed by atoms with van der Waals surface area (Å²) in [5.41, 5.74) is 1.65. The average molecular weight is 283 g/mol. The van der Waals surface area contributed by atoms with E-state index in [9.17, 15) is 9.59 Å². The molecule has 2 aromatic rings. The summed E-state index contributed by atoms with van der Waals surface area (Å²) in [6, 6.07) is 12.9. The van der Waals surface area contributed by atoms with Gasteiger partial charge in [-0.1, -0.05) is 30.3 Å². The summed E-state index contributed by atoms with van der Waals surface area (Å²) in [7, 11) is 0. The minimum atomic E-state index is -0.368. The Hall–Kier alpha value is -2.49. The molecule has 0 spiro atoms. The first kappa shape index (κ1) is 14.9. The molecule has 1 aromatic carbocycles. The maximum atomic E-state index is 12.2. The van der Waals surface area contributed by atoms with Crippen LogP contribution in [-0.4, -0.2) is 11.7 Å². The Labute approximate surface area is 124 Å². The molecule has 0 radical (unpaired) electrons. The quantitative estimate of drug-likeness (QED) is 0.674. The zero-order valence-electron chi connectivity index (χ0n) is 12.2. The first-order chi connectivity index (χ1) is 10.1. The lowest BCUT2D eigenvalue weighted by atomic mass is 10.2. The van der Waals surface area contributed by atoms with Crippen molar-refractivity contribution in [3.05, 3.63) is 66.0 Å². The van der Waals surface area contributed by atoms with Gasteiger partial charge in [-0.2, -0.15) is 4.57 Å². The second kappa shape index (κ2) is 6.79. The van der Waals surface area contributed by atoms with Crippen molar-refractivity contribution in [1.82, 2.24) is 5.32 Å². The number of carbonyl (C=O) groups is 2. The molecule has 0 fully saturated rings. The molecule has 1 amide bonds. The summed E-state index contributed by atoms with van der Waals surface area (Å²) >= 11 is 0. The predicted octanol–water partition coefficient (Wildman–Crippen LogP) is 2.05.